The predicted molar refractivity (Wildman–Crippen MR) is 88.9 cm³/mol. The van der Waals surface area contributed by atoms with E-state index in [9.17, 15) is 13.2 Å². The summed E-state index contributed by atoms with van der Waals surface area (Å²) >= 11 is 0. The van der Waals surface area contributed by atoms with E-state index in [4.69, 9.17) is 13.9 Å². The summed E-state index contributed by atoms with van der Waals surface area (Å²) < 4.78 is 45.9. The van der Waals surface area contributed by atoms with Crippen LogP contribution in [0.3, 0.4) is 0 Å². The van der Waals surface area contributed by atoms with Crippen LogP contribution in [0.1, 0.15) is 19.3 Å². The second kappa shape index (κ2) is 6.24. The van der Waals surface area contributed by atoms with Gasteiger partial charge < -0.3 is 13.9 Å². The van der Waals surface area contributed by atoms with Gasteiger partial charge in [-0.05, 0) is 37.5 Å². The minimum Gasteiger partial charge on any atom is -0.408 e. The Hall–Kier alpha value is -1.68. The molecule has 1 aromatic carbocycles. The number of nitrogens with one attached hydrogen (secondary N) is 1. The van der Waals surface area contributed by atoms with Crippen LogP contribution in [-0.2, 0) is 26.5 Å². The van der Waals surface area contributed by atoms with E-state index in [1.165, 1.54) is 22.8 Å². The molecule has 3 unspecified atom stereocenters. The highest BCUT2D eigenvalue weighted by Gasteiger charge is 2.35. The van der Waals surface area contributed by atoms with E-state index in [2.05, 4.69) is 4.72 Å². The van der Waals surface area contributed by atoms with Crippen molar-refractivity contribution in [3.63, 3.8) is 0 Å². The highest BCUT2D eigenvalue weighted by Crippen LogP contribution is 2.28. The number of hydrogen-bond donors (Lipinski definition) is 1. The Morgan fingerprint density at radius 1 is 1.16 bits per heavy atom. The number of nitrogens with zero attached hydrogens (tertiary/aromatic N) is 1. The fourth-order valence-electron chi connectivity index (χ4n) is 3.53. The Bertz CT molecular complexity index is 947. The van der Waals surface area contributed by atoms with E-state index in [-0.39, 0.29) is 23.1 Å². The first-order chi connectivity index (χ1) is 11.9. The van der Waals surface area contributed by atoms with Gasteiger partial charge in [0.05, 0.1) is 35.8 Å². The van der Waals surface area contributed by atoms with Crippen LogP contribution in [-0.4, -0.2) is 44.4 Å². The zero-order valence-corrected chi connectivity index (χ0v) is 14.6. The molecular formula is C16H20N2O6S. The average Bonchev–Trinajstić information content (AvgIpc) is 2.88. The standard InChI is InChI=1S/C16H20N2O6S/c1-18-12-9-11(3-5-13(12)24-16(18)19)25(20,21)17-10-2-4-14-15(8-10)23-7-6-22-14/h3,5,9-10,14-15,17H,2,4,6-8H2,1H3. The molecular weight excluding hydrogens is 348 g/mol. The van der Waals surface area contributed by atoms with E-state index >= 15 is 0 Å². The molecule has 1 aromatic heterocycles. The third-order valence-electron chi connectivity index (χ3n) is 4.87. The summed E-state index contributed by atoms with van der Waals surface area (Å²) in [5.41, 5.74) is 0.806. The number of benzene rings is 1. The normalized spacial score (nSPS) is 27.3. The quantitative estimate of drug-likeness (QED) is 0.858. The number of ether oxygens (including phenoxy) is 2. The minimum absolute atomic E-state index is 0.0614. The lowest BCUT2D eigenvalue weighted by Crippen LogP contribution is -2.49. The maximum Gasteiger partial charge on any atom is 0.419 e. The van der Waals surface area contributed by atoms with E-state index in [1.54, 1.807) is 7.05 Å². The molecule has 2 fully saturated rings. The molecule has 0 spiro atoms. The molecule has 1 N–H and O–H groups in total. The maximum atomic E-state index is 12.7. The topological polar surface area (TPSA) is 99.8 Å². The van der Waals surface area contributed by atoms with Crippen molar-refractivity contribution in [3.05, 3.63) is 28.7 Å². The smallest absolute Gasteiger partial charge is 0.408 e. The molecule has 4 rings (SSSR count). The molecule has 1 aliphatic heterocycles. The summed E-state index contributed by atoms with van der Waals surface area (Å²) in [6.45, 7) is 1.15. The Morgan fingerprint density at radius 2 is 1.92 bits per heavy atom. The van der Waals surface area contributed by atoms with Gasteiger partial charge in [0.1, 0.15) is 0 Å². The number of sulfonamides is 1. The third kappa shape index (κ3) is 3.12. The second-order valence-electron chi connectivity index (χ2n) is 6.51. The molecule has 1 aliphatic carbocycles. The first kappa shape index (κ1) is 16.8. The summed E-state index contributed by atoms with van der Waals surface area (Å²) in [4.78, 5) is 11.7. The minimum atomic E-state index is -3.70. The molecule has 1 saturated heterocycles. The number of aryl methyl sites for hydroxylation is 1. The number of hydrogen-bond acceptors (Lipinski definition) is 6. The Kier molecular flexibility index (Phi) is 4.19. The van der Waals surface area contributed by atoms with Crippen LogP contribution in [0, 0.1) is 0 Å². The van der Waals surface area contributed by atoms with Gasteiger partial charge in [0.15, 0.2) is 5.58 Å². The second-order valence-corrected chi connectivity index (χ2v) is 8.22. The fourth-order valence-corrected chi connectivity index (χ4v) is 4.84. The highest BCUT2D eigenvalue weighted by atomic mass is 32.2. The molecule has 8 nitrogen and oxygen atoms in total. The molecule has 3 atom stereocenters. The molecule has 0 bridgehead atoms. The van der Waals surface area contributed by atoms with Gasteiger partial charge in [0.25, 0.3) is 0 Å². The van der Waals surface area contributed by atoms with Crippen LogP contribution in [0.2, 0.25) is 0 Å². The maximum absolute atomic E-state index is 12.7. The zero-order chi connectivity index (χ0) is 17.6. The van der Waals surface area contributed by atoms with E-state index < -0.39 is 15.8 Å². The zero-order valence-electron chi connectivity index (χ0n) is 13.8. The summed E-state index contributed by atoms with van der Waals surface area (Å²) in [6, 6.07) is 4.20. The molecule has 0 radical (unpaired) electrons. The van der Waals surface area contributed by atoms with Gasteiger partial charge in [0, 0.05) is 13.1 Å². The van der Waals surface area contributed by atoms with Gasteiger partial charge in [-0.15, -0.1) is 0 Å². The monoisotopic (exact) mass is 368 g/mol. The molecule has 2 aromatic rings. The van der Waals surface area contributed by atoms with Crippen LogP contribution in [0.5, 0.6) is 0 Å². The highest BCUT2D eigenvalue weighted by molar-refractivity contribution is 7.89. The number of oxazole rings is 1. The van der Waals surface area contributed by atoms with Gasteiger partial charge in [0.2, 0.25) is 10.0 Å². The lowest BCUT2D eigenvalue weighted by atomic mass is 9.90. The van der Waals surface area contributed by atoms with Crippen LogP contribution in [0.15, 0.2) is 32.3 Å². The van der Waals surface area contributed by atoms with Crippen molar-refractivity contribution >= 4 is 21.1 Å². The van der Waals surface area contributed by atoms with Crippen LogP contribution in [0.25, 0.3) is 11.1 Å². The average molecular weight is 368 g/mol. The van der Waals surface area contributed by atoms with Crippen LogP contribution >= 0.6 is 0 Å². The predicted octanol–water partition coefficient (Wildman–Crippen LogP) is 0.746. The van der Waals surface area contributed by atoms with Crippen molar-refractivity contribution in [1.29, 1.82) is 0 Å². The third-order valence-corrected chi connectivity index (χ3v) is 6.39. The summed E-state index contributed by atoms with van der Waals surface area (Å²) in [6.07, 6.45) is 2.07. The van der Waals surface area contributed by atoms with E-state index in [0.717, 1.165) is 6.42 Å². The van der Waals surface area contributed by atoms with Crippen molar-refractivity contribution in [1.82, 2.24) is 9.29 Å². The number of rotatable bonds is 3. The largest absolute Gasteiger partial charge is 0.419 e. The van der Waals surface area contributed by atoms with Gasteiger partial charge in [-0.3, -0.25) is 4.57 Å². The molecule has 136 valence electrons. The summed E-state index contributed by atoms with van der Waals surface area (Å²) in [7, 11) is -2.16. The molecule has 1 saturated carbocycles. The first-order valence-electron chi connectivity index (χ1n) is 8.29. The summed E-state index contributed by atoms with van der Waals surface area (Å²) in [5.74, 6) is -0.523. The molecule has 2 heterocycles. The van der Waals surface area contributed by atoms with Gasteiger partial charge in [-0.25, -0.2) is 17.9 Å². The molecule has 25 heavy (non-hydrogen) atoms. The fraction of sp³-hybridized carbons (Fsp3) is 0.562. The van der Waals surface area contributed by atoms with Crippen molar-refractivity contribution in [2.75, 3.05) is 13.2 Å². The van der Waals surface area contributed by atoms with Gasteiger partial charge >= 0.3 is 5.76 Å². The first-order valence-corrected chi connectivity index (χ1v) is 9.77. The Labute approximate surface area is 144 Å². The van der Waals surface area contributed by atoms with Crippen molar-refractivity contribution in [2.45, 2.75) is 42.4 Å². The summed E-state index contributed by atoms with van der Waals surface area (Å²) in [5, 5.41) is 0. The van der Waals surface area contributed by atoms with Crippen molar-refractivity contribution < 1.29 is 22.3 Å². The van der Waals surface area contributed by atoms with Crippen LogP contribution in [0.4, 0.5) is 0 Å². The van der Waals surface area contributed by atoms with Crippen molar-refractivity contribution in [3.8, 4) is 0 Å². The van der Waals surface area contributed by atoms with Crippen molar-refractivity contribution in [2.24, 2.45) is 7.05 Å². The van der Waals surface area contributed by atoms with Gasteiger partial charge in [-0.2, -0.15) is 0 Å². The number of aromatic nitrogens is 1. The Balaban J connectivity index is 1.55. The van der Waals surface area contributed by atoms with E-state index in [1.807, 2.05) is 0 Å². The lowest BCUT2D eigenvalue weighted by molar-refractivity contribution is -0.156. The Morgan fingerprint density at radius 3 is 2.72 bits per heavy atom. The van der Waals surface area contributed by atoms with Gasteiger partial charge in [-0.1, -0.05) is 0 Å². The molecule has 2 aliphatic rings. The molecule has 0 amide bonds. The SMILES string of the molecule is Cn1c(=O)oc2ccc(S(=O)(=O)NC3CCC4OCCOC4C3)cc21. The lowest BCUT2D eigenvalue weighted by Gasteiger charge is -2.38. The number of fused-ring (bicyclic) bond motifs is 2. The van der Waals surface area contributed by atoms with Crippen LogP contribution < -0.4 is 10.5 Å². The molecule has 9 heteroatoms. The van der Waals surface area contributed by atoms with E-state index in [0.29, 0.717) is 37.2 Å².